The summed E-state index contributed by atoms with van der Waals surface area (Å²) < 4.78 is 15.8. The molecule has 1 aromatic heterocycles. The molecule has 1 aromatic carbocycles. The number of thiophene rings is 1. The molecule has 1 N–H and O–H groups in total. The molecule has 0 fully saturated rings. The maximum atomic E-state index is 12.8. The highest BCUT2D eigenvalue weighted by Gasteiger charge is 2.29. The van der Waals surface area contributed by atoms with Crippen LogP contribution in [0.2, 0.25) is 0 Å². The Morgan fingerprint density at radius 2 is 2.00 bits per heavy atom. The van der Waals surface area contributed by atoms with Crippen molar-refractivity contribution in [3.8, 4) is 11.5 Å². The van der Waals surface area contributed by atoms with Crippen LogP contribution in [0.15, 0.2) is 18.2 Å². The van der Waals surface area contributed by atoms with Crippen LogP contribution in [0.1, 0.15) is 39.7 Å². The van der Waals surface area contributed by atoms with Crippen molar-refractivity contribution in [1.82, 2.24) is 4.90 Å². The summed E-state index contributed by atoms with van der Waals surface area (Å²) in [5.74, 6) is 1.31. The summed E-state index contributed by atoms with van der Waals surface area (Å²) in [6, 6.07) is 5.67. The summed E-state index contributed by atoms with van der Waals surface area (Å²) in [5, 5.41) is 3.53. The number of methoxy groups -OCH3 is 3. The molecule has 168 valence electrons. The van der Waals surface area contributed by atoms with Crippen molar-refractivity contribution in [2.75, 3.05) is 40.2 Å². The molecule has 0 saturated heterocycles. The van der Waals surface area contributed by atoms with E-state index in [-0.39, 0.29) is 12.5 Å². The third kappa shape index (κ3) is 5.19. The molecule has 7 nitrogen and oxygen atoms in total. The largest absolute Gasteiger partial charge is 0.493 e. The van der Waals surface area contributed by atoms with E-state index in [4.69, 9.17) is 14.2 Å². The van der Waals surface area contributed by atoms with Gasteiger partial charge in [-0.1, -0.05) is 19.1 Å². The Morgan fingerprint density at radius 3 is 2.68 bits per heavy atom. The number of hydrogen-bond acceptors (Lipinski definition) is 7. The normalized spacial score (nSPS) is 15.4. The van der Waals surface area contributed by atoms with Gasteiger partial charge >= 0.3 is 5.97 Å². The van der Waals surface area contributed by atoms with E-state index >= 15 is 0 Å². The second kappa shape index (κ2) is 10.2. The van der Waals surface area contributed by atoms with Crippen molar-refractivity contribution in [1.29, 1.82) is 0 Å². The Labute approximate surface area is 187 Å². The molecule has 8 heteroatoms. The zero-order chi connectivity index (χ0) is 22.5. The number of para-hydroxylation sites is 1. The molecule has 0 saturated carbocycles. The lowest BCUT2D eigenvalue weighted by molar-refractivity contribution is -0.117. The van der Waals surface area contributed by atoms with Crippen LogP contribution in [0.5, 0.6) is 11.5 Å². The molecular weight excluding hydrogens is 416 g/mol. The number of nitrogens with one attached hydrogen (secondary N) is 1. The van der Waals surface area contributed by atoms with Crippen molar-refractivity contribution < 1.29 is 23.8 Å². The van der Waals surface area contributed by atoms with Crippen molar-refractivity contribution >= 4 is 28.2 Å². The molecule has 1 aliphatic rings. The maximum absolute atomic E-state index is 12.8. The van der Waals surface area contributed by atoms with Gasteiger partial charge in [0.05, 0.1) is 33.4 Å². The highest BCUT2D eigenvalue weighted by Crippen LogP contribution is 2.40. The Bertz CT molecular complexity index is 956. The molecule has 1 amide bonds. The standard InChI is InChI=1S/C23H30N2O5S/c1-14-9-10-16-18(11-14)31-22(20(16)23(27)30-5)24-19(26)13-25(2)12-15-7-6-8-17(28-3)21(15)29-4/h6-8,14H,9-13H2,1-5H3,(H,24,26). The summed E-state index contributed by atoms with van der Waals surface area (Å²) in [4.78, 5) is 28.3. The Kier molecular flexibility index (Phi) is 7.56. The molecule has 2 aromatic rings. The Morgan fingerprint density at radius 1 is 1.23 bits per heavy atom. The number of carbonyl (C=O) groups is 2. The van der Waals surface area contributed by atoms with Crippen molar-refractivity contribution in [2.24, 2.45) is 5.92 Å². The van der Waals surface area contributed by atoms with Gasteiger partial charge in [-0.15, -0.1) is 11.3 Å². The van der Waals surface area contributed by atoms with E-state index in [1.54, 1.807) is 14.2 Å². The molecule has 0 spiro atoms. The minimum atomic E-state index is -0.392. The quantitative estimate of drug-likeness (QED) is 0.623. The Hall–Kier alpha value is -2.58. The molecule has 1 atom stereocenters. The van der Waals surface area contributed by atoms with E-state index in [0.717, 1.165) is 30.4 Å². The van der Waals surface area contributed by atoms with E-state index in [1.165, 1.54) is 23.3 Å². The van der Waals surface area contributed by atoms with Crippen LogP contribution in [0, 0.1) is 5.92 Å². The van der Waals surface area contributed by atoms with Gasteiger partial charge in [-0.05, 0) is 43.9 Å². The van der Waals surface area contributed by atoms with Gasteiger partial charge in [-0.3, -0.25) is 9.69 Å². The number of likely N-dealkylation sites (N-methyl/N-ethyl adjacent to an activating group) is 1. The summed E-state index contributed by atoms with van der Waals surface area (Å²) in [6.07, 6.45) is 2.80. The number of hydrogen-bond donors (Lipinski definition) is 1. The highest BCUT2D eigenvalue weighted by molar-refractivity contribution is 7.17. The lowest BCUT2D eigenvalue weighted by Crippen LogP contribution is -2.30. The number of esters is 1. The van der Waals surface area contributed by atoms with Crippen LogP contribution in [0.25, 0.3) is 0 Å². The molecular formula is C23H30N2O5S. The fourth-order valence-corrected chi connectivity index (χ4v) is 5.41. The fourth-order valence-electron chi connectivity index (χ4n) is 3.99. The summed E-state index contributed by atoms with van der Waals surface area (Å²) in [5.41, 5.74) is 2.47. The number of fused-ring (bicyclic) bond motifs is 1. The highest BCUT2D eigenvalue weighted by atomic mass is 32.1. The van der Waals surface area contributed by atoms with E-state index < -0.39 is 5.97 Å². The van der Waals surface area contributed by atoms with Crippen LogP contribution in [0.4, 0.5) is 5.00 Å². The first-order valence-corrected chi connectivity index (χ1v) is 11.1. The topological polar surface area (TPSA) is 77.1 Å². The van der Waals surface area contributed by atoms with Gasteiger partial charge in [0.2, 0.25) is 5.91 Å². The van der Waals surface area contributed by atoms with Gasteiger partial charge in [-0.25, -0.2) is 4.79 Å². The van der Waals surface area contributed by atoms with Gasteiger partial charge in [0.25, 0.3) is 0 Å². The van der Waals surface area contributed by atoms with Gasteiger partial charge in [0.15, 0.2) is 11.5 Å². The minimum Gasteiger partial charge on any atom is -0.493 e. The molecule has 0 radical (unpaired) electrons. The number of benzene rings is 1. The summed E-state index contributed by atoms with van der Waals surface area (Å²) in [6.45, 7) is 2.89. The smallest absolute Gasteiger partial charge is 0.341 e. The molecule has 1 unspecified atom stereocenters. The zero-order valence-electron chi connectivity index (χ0n) is 18.7. The van der Waals surface area contributed by atoms with Crippen LogP contribution in [0.3, 0.4) is 0 Å². The predicted octanol–water partition coefficient (Wildman–Crippen LogP) is 3.75. The van der Waals surface area contributed by atoms with Crippen molar-refractivity contribution in [3.05, 3.63) is 39.8 Å². The average Bonchev–Trinajstić information content (AvgIpc) is 3.09. The van der Waals surface area contributed by atoms with Gasteiger partial charge in [0, 0.05) is 17.0 Å². The van der Waals surface area contributed by atoms with Gasteiger partial charge < -0.3 is 19.5 Å². The number of anilines is 1. The zero-order valence-corrected chi connectivity index (χ0v) is 19.6. The molecule has 1 aliphatic carbocycles. The fraction of sp³-hybridized carbons (Fsp3) is 0.478. The number of rotatable bonds is 8. The molecule has 0 aliphatic heterocycles. The van der Waals surface area contributed by atoms with Crippen molar-refractivity contribution in [3.63, 3.8) is 0 Å². The average molecular weight is 447 g/mol. The summed E-state index contributed by atoms with van der Waals surface area (Å²) >= 11 is 1.49. The first-order chi connectivity index (χ1) is 14.9. The van der Waals surface area contributed by atoms with Crippen LogP contribution in [-0.2, 0) is 28.9 Å². The van der Waals surface area contributed by atoms with E-state index in [9.17, 15) is 9.59 Å². The maximum Gasteiger partial charge on any atom is 0.341 e. The third-order valence-electron chi connectivity index (χ3n) is 5.49. The second-order valence-electron chi connectivity index (χ2n) is 7.92. The van der Waals surface area contributed by atoms with Gasteiger partial charge in [-0.2, -0.15) is 0 Å². The number of amides is 1. The van der Waals surface area contributed by atoms with Gasteiger partial charge in [0.1, 0.15) is 5.00 Å². The Balaban J connectivity index is 1.72. The predicted molar refractivity (Wildman–Crippen MR) is 121 cm³/mol. The number of ether oxygens (including phenoxy) is 3. The lowest BCUT2D eigenvalue weighted by Gasteiger charge is -2.19. The van der Waals surface area contributed by atoms with Crippen LogP contribution in [-0.4, -0.2) is 51.7 Å². The van der Waals surface area contributed by atoms with Crippen LogP contribution >= 0.6 is 11.3 Å². The number of carbonyl (C=O) groups excluding carboxylic acids is 2. The summed E-state index contributed by atoms with van der Waals surface area (Å²) in [7, 11) is 6.43. The lowest BCUT2D eigenvalue weighted by atomic mass is 9.88. The molecule has 3 rings (SSSR count). The minimum absolute atomic E-state index is 0.167. The first-order valence-electron chi connectivity index (χ1n) is 10.3. The molecule has 0 bridgehead atoms. The van der Waals surface area contributed by atoms with E-state index in [1.807, 2.05) is 30.1 Å². The molecule has 31 heavy (non-hydrogen) atoms. The third-order valence-corrected chi connectivity index (χ3v) is 6.66. The van der Waals surface area contributed by atoms with E-state index in [2.05, 4.69) is 12.2 Å². The first kappa shape index (κ1) is 23.1. The SMILES string of the molecule is COC(=O)c1c(NC(=O)CN(C)Cc2cccc(OC)c2OC)sc2c1CCC(C)C2. The number of nitrogens with zero attached hydrogens (tertiary/aromatic N) is 1. The monoisotopic (exact) mass is 446 g/mol. The van der Waals surface area contributed by atoms with E-state index in [0.29, 0.717) is 34.5 Å². The second-order valence-corrected chi connectivity index (χ2v) is 9.03. The van der Waals surface area contributed by atoms with Crippen molar-refractivity contribution in [2.45, 2.75) is 32.7 Å². The van der Waals surface area contributed by atoms with Crippen LogP contribution < -0.4 is 14.8 Å². The molecule has 1 heterocycles.